The molecule has 0 saturated heterocycles. The lowest BCUT2D eigenvalue weighted by Gasteiger charge is -2.17. The molecule has 0 aliphatic rings. The molecule has 0 aliphatic heterocycles. The Balaban J connectivity index is 2.40. The molecule has 0 spiro atoms. The van der Waals surface area contributed by atoms with E-state index in [9.17, 15) is 0 Å². The SMILES string of the molecule is CCn1nncc1C(NC)c1cccc(Cl)c1. The summed E-state index contributed by atoms with van der Waals surface area (Å²) in [6, 6.07) is 7.87. The third-order valence-corrected chi connectivity index (χ3v) is 2.95. The highest BCUT2D eigenvalue weighted by Gasteiger charge is 2.16. The van der Waals surface area contributed by atoms with Gasteiger partial charge in [0.05, 0.1) is 17.9 Å². The van der Waals surface area contributed by atoms with Crippen LogP contribution in [0, 0.1) is 0 Å². The topological polar surface area (TPSA) is 42.7 Å². The van der Waals surface area contributed by atoms with E-state index in [1.165, 1.54) is 0 Å². The molecule has 0 bridgehead atoms. The summed E-state index contributed by atoms with van der Waals surface area (Å²) >= 11 is 6.02. The lowest BCUT2D eigenvalue weighted by Crippen LogP contribution is -2.21. The van der Waals surface area contributed by atoms with Crippen LogP contribution in [0.2, 0.25) is 5.02 Å². The normalized spacial score (nSPS) is 12.6. The smallest absolute Gasteiger partial charge is 0.0801 e. The first-order valence-electron chi connectivity index (χ1n) is 5.57. The molecule has 0 saturated carbocycles. The van der Waals surface area contributed by atoms with Crippen LogP contribution in [-0.4, -0.2) is 22.0 Å². The van der Waals surface area contributed by atoms with Crippen molar-refractivity contribution >= 4 is 11.6 Å². The molecule has 1 aromatic heterocycles. The van der Waals surface area contributed by atoms with Gasteiger partial charge in [-0.1, -0.05) is 28.9 Å². The van der Waals surface area contributed by atoms with E-state index in [0.29, 0.717) is 0 Å². The Morgan fingerprint density at radius 3 is 2.94 bits per heavy atom. The maximum atomic E-state index is 6.02. The van der Waals surface area contributed by atoms with Crippen molar-refractivity contribution in [3.8, 4) is 0 Å². The predicted octanol–water partition coefficient (Wildman–Crippen LogP) is 2.26. The number of hydrogen-bond acceptors (Lipinski definition) is 3. The highest BCUT2D eigenvalue weighted by molar-refractivity contribution is 6.30. The van der Waals surface area contributed by atoms with Crippen LogP contribution >= 0.6 is 11.6 Å². The minimum absolute atomic E-state index is 0.0589. The molecule has 17 heavy (non-hydrogen) atoms. The van der Waals surface area contributed by atoms with Crippen molar-refractivity contribution in [2.45, 2.75) is 19.5 Å². The minimum Gasteiger partial charge on any atom is -0.308 e. The summed E-state index contributed by atoms with van der Waals surface area (Å²) < 4.78 is 1.88. The number of rotatable bonds is 4. The Morgan fingerprint density at radius 1 is 1.47 bits per heavy atom. The molecule has 2 aromatic rings. The molecule has 4 nitrogen and oxygen atoms in total. The molecule has 90 valence electrons. The van der Waals surface area contributed by atoms with E-state index < -0.39 is 0 Å². The quantitative estimate of drug-likeness (QED) is 0.905. The molecular weight excluding hydrogens is 236 g/mol. The van der Waals surface area contributed by atoms with Crippen LogP contribution in [0.3, 0.4) is 0 Å². The molecule has 1 unspecified atom stereocenters. The molecule has 1 atom stereocenters. The first kappa shape index (κ1) is 12.1. The summed E-state index contributed by atoms with van der Waals surface area (Å²) in [4.78, 5) is 0. The Labute approximate surface area is 106 Å². The van der Waals surface area contributed by atoms with E-state index in [-0.39, 0.29) is 6.04 Å². The van der Waals surface area contributed by atoms with Crippen molar-refractivity contribution in [1.29, 1.82) is 0 Å². The van der Waals surface area contributed by atoms with Crippen LogP contribution in [-0.2, 0) is 6.54 Å². The molecule has 0 fully saturated rings. The van der Waals surface area contributed by atoms with Gasteiger partial charge < -0.3 is 5.32 Å². The van der Waals surface area contributed by atoms with Gasteiger partial charge in [0.15, 0.2) is 0 Å². The van der Waals surface area contributed by atoms with Crippen LogP contribution < -0.4 is 5.32 Å². The van der Waals surface area contributed by atoms with Gasteiger partial charge in [-0.25, -0.2) is 4.68 Å². The van der Waals surface area contributed by atoms with Gasteiger partial charge in [0.2, 0.25) is 0 Å². The van der Waals surface area contributed by atoms with E-state index in [1.807, 2.05) is 42.9 Å². The Hall–Kier alpha value is -1.39. The van der Waals surface area contributed by atoms with Gasteiger partial charge in [0.1, 0.15) is 0 Å². The van der Waals surface area contributed by atoms with Crippen molar-refractivity contribution in [3.05, 3.63) is 46.7 Å². The van der Waals surface area contributed by atoms with Gasteiger partial charge >= 0.3 is 0 Å². The highest BCUT2D eigenvalue weighted by atomic mass is 35.5. The third-order valence-electron chi connectivity index (χ3n) is 2.71. The van der Waals surface area contributed by atoms with Gasteiger partial charge in [0, 0.05) is 11.6 Å². The second-order valence-electron chi connectivity index (χ2n) is 3.75. The molecule has 2 rings (SSSR count). The van der Waals surface area contributed by atoms with E-state index >= 15 is 0 Å². The zero-order valence-electron chi connectivity index (χ0n) is 9.89. The monoisotopic (exact) mass is 250 g/mol. The Bertz CT molecular complexity index is 495. The first-order valence-corrected chi connectivity index (χ1v) is 5.95. The number of aryl methyl sites for hydroxylation is 1. The molecule has 0 amide bonds. The van der Waals surface area contributed by atoms with Crippen molar-refractivity contribution in [1.82, 2.24) is 20.3 Å². The van der Waals surface area contributed by atoms with Crippen molar-refractivity contribution in [2.75, 3.05) is 7.05 Å². The Kier molecular flexibility index (Phi) is 3.76. The van der Waals surface area contributed by atoms with Crippen molar-refractivity contribution in [2.24, 2.45) is 0 Å². The summed E-state index contributed by atoms with van der Waals surface area (Å²) in [6.07, 6.45) is 1.78. The number of hydrogen-bond donors (Lipinski definition) is 1. The zero-order chi connectivity index (χ0) is 12.3. The maximum Gasteiger partial charge on any atom is 0.0801 e. The molecule has 0 radical (unpaired) electrons. The van der Waals surface area contributed by atoms with Crippen molar-refractivity contribution < 1.29 is 0 Å². The second kappa shape index (κ2) is 5.29. The molecule has 1 N–H and O–H groups in total. The molecule has 1 aromatic carbocycles. The van der Waals surface area contributed by atoms with Gasteiger partial charge in [0.25, 0.3) is 0 Å². The van der Waals surface area contributed by atoms with Crippen molar-refractivity contribution in [3.63, 3.8) is 0 Å². The summed E-state index contributed by atoms with van der Waals surface area (Å²) in [5.74, 6) is 0. The summed E-state index contributed by atoms with van der Waals surface area (Å²) in [7, 11) is 1.92. The highest BCUT2D eigenvalue weighted by Crippen LogP contribution is 2.23. The summed E-state index contributed by atoms with van der Waals surface area (Å²) in [6.45, 7) is 2.84. The molecule has 0 aliphatic carbocycles. The maximum absolute atomic E-state index is 6.02. The van der Waals surface area contributed by atoms with E-state index in [0.717, 1.165) is 22.8 Å². The number of nitrogens with zero attached hydrogens (tertiary/aromatic N) is 3. The van der Waals surface area contributed by atoms with Crippen LogP contribution in [0.1, 0.15) is 24.2 Å². The number of halogens is 1. The summed E-state index contributed by atoms with van der Waals surface area (Å²) in [5, 5.41) is 12.0. The number of benzene rings is 1. The van der Waals surface area contributed by atoms with E-state index in [1.54, 1.807) is 6.20 Å². The Morgan fingerprint density at radius 2 is 2.29 bits per heavy atom. The third kappa shape index (κ3) is 2.48. The molecule has 1 heterocycles. The first-order chi connectivity index (χ1) is 8.26. The average Bonchev–Trinajstić information content (AvgIpc) is 2.78. The number of aromatic nitrogens is 3. The summed E-state index contributed by atoms with van der Waals surface area (Å²) in [5.41, 5.74) is 2.15. The molecular formula is C12H15ClN4. The van der Waals surface area contributed by atoms with Gasteiger partial charge in [-0.3, -0.25) is 0 Å². The van der Waals surface area contributed by atoms with Crippen LogP contribution in [0.25, 0.3) is 0 Å². The van der Waals surface area contributed by atoms with Crippen LogP contribution in [0.15, 0.2) is 30.5 Å². The van der Waals surface area contributed by atoms with Gasteiger partial charge in [-0.15, -0.1) is 5.10 Å². The minimum atomic E-state index is 0.0589. The number of nitrogens with one attached hydrogen (secondary N) is 1. The van der Waals surface area contributed by atoms with Gasteiger partial charge in [-0.2, -0.15) is 0 Å². The second-order valence-corrected chi connectivity index (χ2v) is 4.19. The lowest BCUT2D eigenvalue weighted by atomic mass is 10.0. The molecule has 5 heteroatoms. The fraction of sp³-hybridized carbons (Fsp3) is 0.333. The average molecular weight is 251 g/mol. The van der Waals surface area contributed by atoms with Crippen LogP contribution in [0.4, 0.5) is 0 Å². The standard InChI is InChI=1S/C12H15ClN4/c1-3-17-11(8-15-16-17)12(14-2)9-5-4-6-10(13)7-9/h4-8,12,14H,3H2,1-2H3. The predicted molar refractivity (Wildman–Crippen MR) is 68.1 cm³/mol. The van der Waals surface area contributed by atoms with E-state index in [4.69, 9.17) is 11.6 Å². The lowest BCUT2D eigenvalue weighted by molar-refractivity contribution is 0.552. The fourth-order valence-electron chi connectivity index (χ4n) is 1.91. The fourth-order valence-corrected chi connectivity index (χ4v) is 2.11. The van der Waals surface area contributed by atoms with E-state index in [2.05, 4.69) is 15.6 Å². The van der Waals surface area contributed by atoms with Crippen LogP contribution in [0.5, 0.6) is 0 Å². The zero-order valence-corrected chi connectivity index (χ0v) is 10.6. The largest absolute Gasteiger partial charge is 0.308 e. The van der Waals surface area contributed by atoms with Gasteiger partial charge in [-0.05, 0) is 31.7 Å².